The highest BCUT2D eigenvalue weighted by Crippen LogP contribution is 2.38. The van der Waals surface area contributed by atoms with Crippen LogP contribution >= 0.6 is 0 Å². The number of nitrogens with one attached hydrogen (secondary N) is 1. The number of ether oxygens (including phenoxy) is 1. The number of nitrogens with zero attached hydrogens (tertiary/aromatic N) is 1. The molecule has 0 spiro atoms. The number of aromatic hydroxyl groups is 2. The summed E-state index contributed by atoms with van der Waals surface area (Å²) in [7, 11) is 0. The molecular formula is C32H39FN2O3. The van der Waals surface area contributed by atoms with Crippen molar-refractivity contribution in [2.45, 2.75) is 57.3 Å². The van der Waals surface area contributed by atoms with Crippen molar-refractivity contribution in [3.8, 4) is 17.2 Å². The summed E-state index contributed by atoms with van der Waals surface area (Å²) >= 11 is 0. The van der Waals surface area contributed by atoms with Gasteiger partial charge in [-0.25, -0.2) is 4.39 Å². The van der Waals surface area contributed by atoms with E-state index in [-0.39, 0.29) is 11.6 Å². The molecule has 1 aliphatic carbocycles. The minimum atomic E-state index is -0.296. The summed E-state index contributed by atoms with van der Waals surface area (Å²) in [5, 5.41) is 23.4. The Bertz CT molecular complexity index is 1230. The van der Waals surface area contributed by atoms with Crippen LogP contribution in [0.1, 0.15) is 60.3 Å². The number of likely N-dealkylation sites (tertiary alicyclic amines) is 1. The molecule has 5 nitrogen and oxygen atoms in total. The average molecular weight is 519 g/mol. The number of benzene rings is 3. The Morgan fingerprint density at radius 3 is 2.58 bits per heavy atom. The first-order valence-corrected chi connectivity index (χ1v) is 14.1. The van der Waals surface area contributed by atoms with Gasteiger partial charge in [-0.05, 0) is 117 Å². The molecule has 1 unspecified atom stereocenters. The second-order valence-corrected chi connectivity index (χ2v) is 10.7. The van der Waals surface area contributed by atoms with Crippen molar-refractivity contribution >= 4 is 5.69 Å². The smallest absolute Gasteiger partial charge is 0.165 e. The lowest BCUT2D eigenvalue weighted by atomic mass is 9.79. The average Bonchev–Trinajstić information content (AvgIpc) is 2.93. The molecule has 0 amide bonds. The van der Waals surface area contributed by atoms with E-state index in [2.05, 4.69) is 10.2 Å². The van der Waals surface area contributed by atoms with E-state index >= 15 is 0 Å². The van der Waals surface area contributed by atoms with Gasteiger partial charge in [0.2, 0.25) is 0 Å². The molecule has 0 aromatic heterocycles. The molecule has 0 radical (unpaired) electrons. The summed E-state index contributed by atoms with van der Waals surface area (Å²) in [5.41, 5.74) is 5.62. The van der Waals surface area contributed by atoms with Crippen LogP contribution in [0.2, 0.25) is 0 Å². The molecule has 5 rings (SSSR count). The van der Waals surface area contributed by atoms with Crippen LogP contribution in [0.5, 0.6) is 17.2 Å². The largest absolute Gasteiger partial charge is 0.508 e. The minimum absolute atomic E-state index is 0.246. The third-order valence-electron chi connectivity index (χ3n) is 7.96. The molecule has 1 heterocycles. The summed E-state index contributed by atoms with van der Waals surface area (Å²) in [5.74, 6) is 0.957. The number of hydrogen-bond donors (Lipinski definition) is 3. The summed E-state index contributed by atoms with van der Waals surface area (Å²) in [6.07, 6.45) is 8.24. The van der Waals surface area contributed by atoms with E-state index in [1.807, 2.05) is 24.3 Å². The summed E-state index contributed by atoms with van der Waals surface area (Å²) in [6.45, 7) is 4.32. The molecule has 1 aliphatic heterocycles. The molecule has 3 aromatic carbocycles. The Balaban J connectivity index is 1.12. The lowest BCUT2D eigenvalue weighted by Gasteiger charge is -2.27. The monoisotopic (exact) mass is 518 g/mol. The fourth-order valence-corrected chi connectivity index (χ4v) is 5.86. The first-order chi connectivity index (χ1) is 18.5. The van der Waals surface area contributed by atoms with E-state index in [1.165, 1.54) is 36.0 Å². The van der Waals surface area contributed by atoms with Crippen LogP contribution in [-0.2, 0) is 19.3 Å². The van der Waals surface area contributed by atoms with Gasteiger partial charge in [-0.15, -0.1) is 0 Å². The van der Waals surface area contributed by atoms with Crippen LogP contribution < -0.4 is 10.1 Å². The van der Waals surface area contributed by atoms with Crippen molar-refractivity contribution in [1.29, 1.82) is 0 Å². The highest BCUT2D eigenvalue weighted by atomic mass is 19.1. The minimum Gasteiger partial charge on any atom is -0.508 e. The van der Waals surface area contributed by atoms with Crippen LogP contribution in [-0.4, -0.2) is 47.9 Å². The Morgan fingerprint density at radius 2 is 1.74 bits per heavy atom. The van der Waals surface area contributed by atoms with Gasteiger partial charge >= 0.3 is 0 Å². The fraction of sp³-hybridized carbons (Fsp3) is 0.438. The molecule has 1 atom stereocenters. The number of phenolic OH excluding ortho intramolecular Hbond substituents is 2. The Morgan fingerprint density at radius 1 is 0.921 bits per heavy atom. The number of anilines is 1. The van der Waals surface area contributed by atoms with E-state index in [0.717, 1.165) is 69.5 Å². The van der Waals surface area contributed by atoms with Crippen LogP contribution in [0.15, 0.2) is 54.6 Å². The third-order valence-corrected chi connectivity index (χ3v) is 7.96. The van der Waals surface area contributed by atoms with Gasteiger partial charge in [0, 0.05) is 24.8 Å². The number of piperidine rings is 1. The second kappa shape index (κ2) is 12.5. The molecule has 0 saturated carbocycles. The molecule has 3 aromatic rings. The van der Waals surface area contributed by atoms with Crippen molar-refractivity contribution in [2.75, 3.05) is 38.1 Å². The Labute approximate surface area is 225 Å². The highest BCUT2D eigenvalue weighted by Gasteiger charge is 2.23. The maximum atomic E-state index is 14.6. The number of hydrogen-bond acceptors (Lipinski definition) is 5. The van der Waals surface area contributed by atoms with Crippen molar-refractivity contribution in [3.63, 3.8) is 0 Å². The van der Waals surface area contributed by atoms with Crippen molar-refractivity contribution < 1.29 is 19.3 Å². The van der Waals surface area contributed by atoms with Gasteiger partial charge in [0.15, 0.2) is 11.6 Å². The molecule has 3 N–H and O–H groups in total. The van der Waals surface area contributed by atoms with E-state index in [4.69, 9.17) is 4.74 Å². The lowest BCUT2D eigenvalue weighted by molar-refractivity contribution is 0.180. The number of phenols is 2. The topological polar surface area (TPSA) is 65.0 Å². The standard InChI is InChI=1S/C32H39FN2O3/c33-30-19-23(6-13-32(30)38-18-17-35-15-2-1-3-16-35)5-4-14-34-31-22-28(37)11-12-29(31)26-8-7-25-21-27(36)10-9-24(25)20-26/h6,9-13,19,21-22,26,34,36-37H,1-5,7-8,14-18,20H2. The molecule has 2 aliphatic rings. The van der Waals surface area contributed by atoms with E-state index in [9.17, 15) is 14.6 Å². The van der Waals surface area contributed by atoms with Gasteiger partial charge in [0.25, 0.3) is 0 Å². The molecule has 38 heavy (non-hydrogen) atoms. The molecule has 1 saturated heterocycles. The normalized spacial score (nSPS) is 17.7. The summed E-state index contributed by atoms with van der Waals surface area (Å²) < 4.78 is 20.3. The fourth-order valence-electron chi connectivity index (χ4n) is 5.86. The van der Waals surface area contributed by atoms with Gasteiger partial charge in [0.1, 0.15) is 18.1 Å². The zero-order valence-electron chi connectivity index (χ0n) is 22.1. The number of fused-ring (bicyclic) bond motifs is 1. The van der Waals surface area contributed by atoms with E-state index in [0.29, 0.717) is 24.0 Å². The molecule has 0 bridgehead atoms. The number of aryl methyl sites for hydroxylation is 2. The van der Waals surface area contributed by atoms with Crippen LogP contribution in [0, 0.1) is 5.82 Å². The third kappa shape index (κ3) is 6.79. The predicted octanol–water partition coefficient (Wildman–Crippen LogP) is 6.42. The first kappa shape index (κ1) is 26.4. The Kier molecular flexibility index (Phi) is 8.69. The van der Waals surface area contributed by atoms with E-state index < -0.39 is 0 Å². The number of rotatable bonds is 10. The number of halogens is 1. The molecule has 1 fully saturated rings. The zero-order chi connectivity index (χ0) is 26.3. The summed E-state index contributed by atoms with van der Waals surface area (Å²) in [4.78, 5) is 2.39. The summed E-state index contributed by atoms with van der Waals surface area (Å²) in [6, 6.07) is 16.5. The van der Waals surface area contributed by atoms with E-state index in [1.54, 1.807) is 30.3 Å². The van der Waals surface area contributed by atoms with Crippen molar-refractivity contribution in [2.24, 2.45) is 0 Å². The molecular weight excluding hydrogens is 479 g/mol. The maximum absolute atomic E-state index is 14.6. The second-order valence-electron chi connectivity index (χ2n) is 10.7. The van der Waals surface area contributed by atoms with Gasteiger partial charge in [-0.3, -0.25) is 4.90 Å². The zero-order valence-corrected chi connectivity index (χ0v) is 22.1. The van der Waals surface area contributed by atoms with Crippen LogP contribution in [0.4, 0.5) is 10.1 Å². The SMILES string of the molecule is Oc1ccc2c(c1)CCC(c1ccc(O)cc1NCCCc1ccc(OCCN3CCCCC3)c(F)c1)C2. The molecule has 6 heteroatoms. The highest BCUT2D eigenvalue weighted by molar-refractivity contribution is 5.57. The Hall–Kier alpha value is -3.25. The van der Waals surface area contributed by atoms with Crippen molar-refractivity contribution in [1.82, 2.24) is 4.90 Å². The lowest BCUT2D eigenvalue weighted by Crippen LogP contribution is -2.33. The van der Waals surface area contributed by atoms with Gasteiger partial charge in [-0.2, -0.15) is 0 Å². The van der Waals surface area contributed by atoms with Gasteiger partial charge in [0.05, 0.1) is 0 Å². The van der Waals surface area contributed by atoms with Gasteiger partial charge < -0.3 is 20.3 Å². The maximum Gasteiger partial charge on any atom is 0.165 e. The van der Waals surface area contributed by atoms with Gasteiger partial charge in [-0.1, -0.05) is 24.6 Å². The first-order valence-electron chi connectivity index (χ1n) is 14.1. The van der Waals surface area contributed by atoms with Crippen LogP contribution in [0.25, 0.3) is 0 Å². The van der Waals surface area contributed by atoms with Crippen LogP contribution in [0.3, 0.4) is 0 Å². The quantitative estimate of drug-likeness (QED) is 0.270. The molecule has 202 valence electrons. The van der Waals surface area contributed by atoms with Crippen molar-refractivity contribution in [3.05, 3.63) is 82.7 Å². The predicted molar refractivity (Wildman–Crippen MR) is 150 cm³/mol.